The third kappa shape index (κ3) is 50.1. The van der Waals surface area contributed by atoms with Crippen molar-refractivity contribution in [3.8, 4) is 0 Å². The quantitative estimate of drug-likeness (QED) is 0.0262. The Balaban J connectivity index is 4.34. The Morgan fingerprint density at radius 1 is 0.328 bits per heavy atom. The Morgan fingerprint density at radius 2 is 0.609 bits per heavy atom. The Bertz CT molecular complexity index is 1170. The number of unbranched alkanes of at least 4 members (excludes halogenated alkanes) is 28. The highest BCUT2D eigenvalue weighted by Crippen LogP contribution is 2.16. The van der Waals surface area contributed by atoms with Gasteiger partial charge in [0.1, 0.15) is 13.2 Å². The summed E-state index contributed by atoms with van der Waals surface area (Å²) in [7, 11) is 0. The second-order valence-corrected chi connectivity index (χ2v) is 18.1. The smallest absolute Gasteiger partial charge is 0.306 e. The Hall–Kier alpha value is -2.89. The van der Waals surface area contributed by atoms with Gasteiger partial charge in [-0.25, -0.2) is 0 Å². The molecule has 0 aliphatic carbocycles. The molecule has 0 fully saturated rings. The number of ether oxygens (including phenoxy) is 3. The van der Waals surface area contributed by atoms with E-state index in [1.165, 1.54) is 135 Å². The molecule has 370 valence electrons. The summed E-state index contributed by atoms with van der Waals surface area (Å²) in [6.07, 6.45) is 65.0. The molecule has 0 spiro atoms. The molecule has 0 amide bonds. The molecule has 6 heteroatoms. The summed E-state index contributed by atoms with van der Waals surface area (Å²) in [6, 6.07) is 0. The van der Waals surface area contributed by atoms with Crippen LogP contribution in [0.1, 0.15) is 271 Å². The van der Waals surface area contributed by atoms with Gasteiger partial charge < -0.3 is 14.2 Å². The SMILES string of the molecule is CC/C=C\C/C=C\C/C=C\C/C=C\C/C=C\CCCCCC(=O)OC[C@@H](COC(=O)CCCCCCCCCCC)OC(=O)CCCCCCCCCCCCCCCCCCCC. The van der Waals surface area contributed by atoms with Crippen molar-refractivity contribution < 1.29 is 28.6 Å². The summed E-state index contributed by atoms with van der Waals surface area (Å²) in [5.74, 6) is -0.908. The van der Waals surface area contributed by atoms with E-state index in [9.17, 15) is 14.4 Å². The first kappa shape index (κ1) is 61.1. The number of hydrogen-bond donors (Lipinski definition) is 0. The van der Waals surface area contributed by atoms with Gasteiger partial charge in [0.15, 0.2) is 6.10 Å². The zero-order valence-electron chi connectivity index (χ0n) is 42.3. The fourth-order valence-corrected chi connectivity index (χ4v) is 7.70. The van der Waals surface area contributed by atoms with Gasteiger partial charge in [0.25, 0.3) is 0 Å². The van der Waals surface area contributed by atoms with Crippen LogP contribution in [0, 0.1) is 0 Å². The van der Waals surface area contributed by atoms with Crippen molar-refractivity contribution in [1.29, 1.82) is 0 Å². The zero-order chi connectivity index (χ0) is 46.5. The fourth-order valence-electron chi connectivity index (χ4n) is 7.70. The van der Waals surface area contributed by atoms with E-state index in [2.05, 4.69) is 81.5 Å². The van der Waals surface area contributed by atoms with Crippen LogP contribution in [0.15, 0.2) is 60.8 Å². The van der Waals surface area contributed by atoms with Crippen molar-refractivity contribution in [2.75, 3.05) is 13.2 Å². The third-order valence-electron chi connectivity index (χ3n) is 11.8. The molecule has 64 heavy (non-hydrogen) atoms. The van der Waals surface area contributed by atoms with Crippen LogP contribution in [0.5, 0.6) is 0 Å². The van der Waals surface area contributed by atoms with E-state index in [4.69, 9.17) is 14.2 Å². The molecule has 0 heterocycles. The molecule has 0 saturated carbocycles. The Kier molecular flexibility index (Phi) is 50.4. The van der Waals surface area contributed by atoms with Gasteiger partial charge >= 0.3 is 17.9 Å². The molecule has 0 aliphatic heterocycles. The number of carbonyl (C=O) groups excluding carboxylic acids is 3. The zero-order valence-corrected chi connectivity index (χ0v) is 42.3. The van der Waals surface area contributed by atoms with Crippen LogP contribution in [0.2, 0.25) is 0 Å². The maximum absolute atomic E-state index is 12.8. The van der Waals surface area contributed by atoms with Crippen LogP contribution in [0.4, 0.5) is 0 Å². The van der Waals surface area contributed by atoms with Gasteiger partial charge in [-0.2, -0.15) is 0 Å². The van der Waals surface area contributed by atoms with E-state index in [1.807, 2.05) is 0 Å². The minimum Gasteiger partial charge on any atom is -0.462 e. The van der Waals surface area contributed by atoms with E-state index in [0.717, 1.165) is 96.3 Å². The summed E-state index contributed by atoms with van der Waals surface area (Å²) in [5.41, 5.74) is 0. The predicted molar refractivity (Wildman–Crippen MR) is 275 cm³/mol. The lowest BCUT2D eigenvalue weighted by Crippen LogP contribution is -2.30. The summed E-state index contributed by atoms with van der Waals surface area (Å²) < 4.78 is 16.8. The predicted octanol–water partition coefficient (Wildman–Crippen LogP) is 18.0. The molecule has 0 aromatic rings. The first-order valence-electron chi connectivity index (χ1n) is 27.3. The van der Waals surface area contributed by atoms with E-state index in [1.54, 1.807) is 0 Å². The molecule has 1 atom stereocenters. The van der Waals surface area contributed by atoms with E-state index < -0.39 is 6.10 Å². The van der Waals surface area contributed by atoms with Crippen molar-refractivity contribution >= 4 is 17.9 Å². The maximum atomic E-state index is 12.8. The summed E-state index contributed by atoms with van der Waals surface area (Å²) in [4.78, 5) is 38.0. The summed E-state index contributed by atoms with van der Waals surface area (Å²) >= 11 is 0. The Morgan fingerprint density at radius 3 is 0.953 bits per heavy atom. The maximum Gasteiger partial charge on any atom is 0.306 e. The second-order valence-electron chi connectivity index (χ2n) is 18.1. The lowest BCUT2D eigenvalue weighted by Gasteiger charge is -2.18. The van der Waals surface area contributed by atoms with Gasteiger partial charge in [-0.3, -0.25) is 14.4 Å². The molecule has 0 radical (unpaired) electrons. The molecular weight excluding hydrogens is 793 g/mol. The van der Waals surface area contributed by atoms with Gasteiger partial charge in [-0.1, -0.05) is 248 Å². The highest BCUT2D eigenvalue weighted by atomic mass is 16.6. The van der Waals surface area contributed by atoms with Gasteiger partial charge in [0.05, 0.1) is 0 Å². The fraction of sp³-hybridized carbons (Fsp3) is 0.776. The number of rotatable bonds is 49. The molecule has 0 aromatic heterocycles. The molecule has 0 N–H and O–H groups in total. The van der Waals surface area contributed by atoms with Crippen molar-refractivity contribution in [2.24, 2.45) is 0 Å². The molecule has 0 rings (SSSR count). The minimum atomic E-state index is -0.783. The first-order valence-corrected chi connectivity index (χ1v) is 27.3. The Labute approximate surface area is 396 Å². The number of allylic oxidation sites excluding steroid dienone is 10. The van der Waals surface area contributed by atoms with E-state index >= 15 is 0 Å². The van der Waals surface area contributed by atoms with Crippen molar-refractivity contribution in [1.82, 2.24) is 0 Å². The third-order valence-corrected chi connectivity index (χ3v) is 11.8. The number of hydrogen-bond acceptors (Lipinski definition) is 6. The van der Waals surface area contributed by atoms with Gasteiger partial charge in [0.2, 0.25) is 0 Å². The first-order chi connectivity index (χ1) is 31.5. The van der Waals surface area contributed by atoms with Crippen molar-refractivity contribution in [3.63, 3.8) is 0 Å². The molecule has 0 aromatic carbocycles. The van der Waals surface area contributed by atoms with E-state index in [-0.39, 0.29) is 31.1 Å². The topological polar surface area (TPSA) is 78.9 Å². The molecule has 0 aliphatic rings. The minimum absolute atomic E-state index is 0.0817. The summed E-state index contributed by atoms with van der Waals surface area (Å²) in [5, 5.41) is 0. The largest absolute Gasteiger partial charge is 0.462 e. The highest BCUT2D eigenvalue weighted by molar-refractivity contribution is 5.71. The van der Waals surface area contributed by atoms with Crippen LogP contribution in [-0.4, -0.2) is 37.2 Å². The summed E-state index contributed by atoms with van der Waals surface area (Å²) in [6.45, 7) is 6.50. The average Bonchev–Trinajstić information content (AvgIpc) is 3.29. The second kappa shape index (κ2) is 52.7. The molecule has 0 saturated heterocycles. The van der Waals surface area contributed by atoms with Crippen LogP contribution in [-0.2, 0) is 28.6 Å². The van der Waals surface area contributed by atoms with Crippen LogP contribution >= 0.6 is 0 Å². The molecule has 0 bridgehead atoms. The van der Waals surface area contributed by atoms with Gasteiger partial charge in [-0.15, -0.1) is 0 Å². The monoisotopic (exact) mass is 895 g/mol. The van der Waals surface area contributed by atoms with Gasteiger partial charge in [-0.05, 0) is 64.2 Å². The van der Waals surface area contributed by atoms with E-state index in [0.29, 0.717) is 19.3 Å². The number of carbonyl (C=O) groups is 3. The molecule has 6 nitrogen and oxygen atoms in total. The van der Waals surface area contributed by atoms with Crippen molar-refractivity contribution in [2.45, 2.75) is 277 Å². The average molecular weight is 895 g/mol. The molecule has 0 unspecified atom stereocenters. The normalized spacial score (nSPS) is 12.5. The van der Waals surface area contributed by atoms with Crippen LogP contribution in [0.3, 0.4) is 0 Å². The lowest BCUT2D eigenvalue weighted by molar-refractivity contribution is -0.167. The highest BCUT2D eigenvalue weighted by Gasteiger charge is 2.19. The van der Waals surface area contributed by atoms with Crippen LogP contribution < -0.4 is 0 Å². The lowest BCUT2D eigenvalue weighted by atomic mass is 10.0. The number of esters is 3. The van der Waals surface area contributed by atoms with Crippen molar-refractivity contribution in [3.05, 3.63) is 60.8 Å². The van der Waals surface area contributed by atoms with Gasteiger partial charge in [0, 0.05) is 19.3 Å². The standard InChI is InChI=1S/C58H102O6/c1-4-7-10-13-16-19-21-23-25-27-29-31-32-34-36-39-42-45-48-51-57(60)63-54-55(53-62-56(59)50-47-44-41-38-18-15-12-9-6-3)64-58(61)52-49-46-43-40-37-35-33-30-28-26-24-22-20-17-14-11-8-5-2/h7,10,16,19,23,25,29,31,34,36,55H,4-6,8-9,11-15,17-18,20-22,24,26-28,30,32-33,35,37-54H2,1-3H3/b10-7-,19-16-,25-23-,31-29-,36-34-/t55-/m1/s1. The molecular formula is C58H102O6. The van der Waals surface area contributed by atoms with Crippen LogP contribution in [0.25, 0.3) is 0 Å².